The second kappa shape index (κ2) is 7.19. The Bertz CT molecular complexity index is 593. The molecule has 1 aliphatic heterocycles. The Morgan fingerprint density at radius 3 is 2.71 bits per heavy atom. The highest BCUT2D eigenvalue weighted by Gasteiger charge is 2.33. The van der Waals surface area contributed by atoms with Gasteiger partial charge >= 0.3 is 6.09 Å². The van der Waals surface area contributed by atoms with Crippen LogP contribution < -0.4 is 0 Å². The van der Waals surface area contributed by atoms with E-state index < -0.39 is 17.7 Å². The first kappa shape index (κ1) is 18.2. The summed E-state index contributed by atoms with van der Waals surface area (Å²) in [5.74, 6) is 0.671. The maximum atomic E-state index is 12.8. The maximum Gasteiger partial charge on any atom is 0.410 e. The number of carbonyl (C=O) groups is 2. The highest BCUT2D eigenvalue weighted by atomic mass is 16.6. The Morgan fingerprint density at radius 2 is 2.08 bits per heavy atom. The molecule has 1 aromatic rings. The molecular weight excluding hydrogens is 310 g/mol. The molecule has 1 aromatic heterocycles. The zero-order valence-corrected chi connectivity index (χ0v) is 15.2. The van der Waals surface area contributed by atoms with E-state index in [0.29, 0.717) is 26.2 Å². The number of hydrogen-bond acceptors (Lipinski definition) is 5. The molecule has 0 saturated carbocycles. The Balaban J connectivity index is 2.07. The summed E-state index contributed by atoms with van der Waals surface area (Å²) >= 11 is 0. The van der Waals surface area contributed by atoms with Crippen molar-refractivity contribution >= 4 is 12.0 Å². The summed E-state index contributed by atoms with van der Waals surface area (Å²) < 4.78 is 7.38. The fraction of sp³-hybridized carbons (Fsp3) is 0.750. The number of fused-ring (bicyclic) bond motifs is 1. The summed E-state index contributed by atoms with van der Waals surface area (Å²) in [6, 6.07) is -0.575. The lowest BCUT2D eigenvalue weighted by Crippen LogP contribution is -2.52. The van der Waals surface area contributed by atoms with Crippen LogP contribution in [0.3, 0.4) is 0 Å². The Morgan fingerprint density at radius 1 is 1.38 bits per heavy atom. The minimum Gasteiger partial charge on any atom is -0.444 e. The summed E-state index contributed by atoms with van der Waals surface area (Å²) in [6.07, 6.45) is 1.97. The molecular formula is C16H27N5O3. The van der Waals surface area contributed by atoms with Gasteiger partial charge in [0.25, 0.3) is 0 Å². The summed E-state index contributed by atoms with van der Waals surface area (Å²) in [4.78, 5) is 28.5. The van der Waals surface area contributed by atoms with Crippen LogP contribution in [-0.2, 0) is 22.6 Å². The molecule has 0 radical (unpaired) electrons. The van der Waals surface area contributed by atoms with Gasteiger partial charge in [0, 0.05) is 19.6 Å². The minimum absolute atomic E-state index is 0.0939. The van der Waals surface area contributed by atoms with Crippen molar-refractivity contribution in [1.82, 2.24) is 24.6 Å². The number of hydrogen-bond donors (Lipinski definition) is 0. The molecule has 2 heterocycles. The Hall–Kier alpha value is -2.12. The van der Waals surface area contributed by atoms with Crippen LogP contribution in [0.5, 0.6) is 0 Å². The lowest BCUT2D eigenvalue weighted by Gasteiger charge is -2.35. The summed E-state index contributed by atoms with van der Waals surface area (Å²) in [6.45, 7) is 11.3. The molecule has 0 N–H and O–H groups in total. The average molecular weight is 337 g/mol. The zero-order chi connectivity index (χ0) is 17.9. The van der Waals surface area contributed by atoms with Crippen molar-refractivity contribution in [3.8, 4) is 0 Å². The molecule has 134 valence electrons. The quantitative estimate of drug-likeness (QED) is 0.834. The topological polar surface area (TPSA) is 80.6 Å². The molecule has 8 nitrogen and oxygen atoms in total. The number of nitrogens with zero attached hydrogens (tertiary/aromatic N) is 5. The lowest BCUT2D eigenvalue weighted by atomic mass is 10.2. The van der Waals surface area contributed by atoms with Crippen LogP contribution in [0.1, 0.15) is 46.9 Å². The van der Waals surface area contributed by atoms with E-state index >= 15 is 0 Å². The van der Waals surface area contributed by atoms with Crippen molar-refractivity contribution in [2.45, 2.75) is 65.8 Å². The van der Waals surface area contributed by atoms with Gasteiger partial charge in [0.1, 0.15) is 18.0 Å². The molecule has 0 fully saturated rings. The van der Waals surface area contributed by atoms with E-state index in [-0.39, 0.29) is 5.91 Å². The third kappa shape index (κ3) is 4.24. The molecule has 1 atom stereocenters. The van der Waals surface area contributed by atoms with Crippen LogP contribution in [0.4, 0.5) is 4.79 Å². The fourth-order valence-electron chi connectivity index (χ4n) is 2.66. The molecule has 0 bridgehead atoms. The molecule has 2 rings (SSSR count). The molecule has 24 heavy (non-hydrogen) atoms. The number of ether oxygens (including phenoxy) is 1. The van der Waals surface area contributed by atoms with Crippen LogP contribution in [0.25, 0.3) is 0 Å². The van der Waals surface area contributed by atoms with Gasteiger partial charge in [-0.25, -0.2) is 4.79 Å². The molecule has 0 aromatic carbocycles. The van der Waals surface area contributed by atoms with Crippen LogP contribution in [0, 0.1) is 0 Å². The smallest absolute Gasteiger partial charge is 0.410 e. The normalized spacial score (nSPS) is 15.6. The summed E-state index contributed by atoms with van der Waals surface area (Å²) in [5, 5.41) is 7.89. The van der Waals surface area contributed by atoms with E-state index in [1.807, 2.05) is 32.3 Å². The van der Waals surface area contributed by atoms with E-state index in [2.05, 4.69) is 10.2 Å². The SMILES string of the molecule is CCCN(C(=O)OC(C)(C)C)[C@@H](C)C(=O)N1CCn2cnnc2C1. The van der Waals surface area contributed by atoms with Crippen LogP contribution >= 0.6 is 0 Å². The molecule has 0 saturated heterocycles. The van der Waals surface area contributed by atoms with E-state index in [9.17, 15) is 9.59 Å². The highest BCUT2D eigenvalue weighted by molar-refractivity contribution is 5.85. The van der Waals surface area contributed by atoms with Gasteiger partial charge in [-0.2, -0.15) is 0 Å². The first-order valence-electron chi connectivity index (χ1n) is 8.38. The van der Waals surface area contributed by atoms with Crippen molar-refractivity contribution in [3.05, 3.63) is 12.2 Å². The summed E-state index contributed by atoms with van der Waals surface area (Å²) in [7, 11) is 0. The predicted octanol–water partition coefficient (Wildman–Crippen LogP) is 1.66. The monoisotopic (exact) mass is 337 g/mol. The van der Waals surface area contributed by atoms with Crippen LogP contribution in [-0.4, -0.2) is 61.3 Å². The number of aromatic nitrogens is 3. The maximum absolute atomic E-state index is 12.8. The molecule has 1 aliphatic rings. The molecule has 8 heteroatoms. The van der Waals surface area contributed by atoms with Crippen molar-refractivity contribution in [3.63, 3.8) is 0 Å². The first-order valence-corrected chi connectivity index (χ1v) is 8.38. The van der Waals surface area contributed by atoms with Gasteiger partial charge in [-0.15, -0.1) is 10.2 Å². The van der Waals surface area contributed by atoms with Gasteiger partial charge in [-0.3, -0.25) is 9.69 Å². The van der Waals surface area contributed by atoms with Gasteiger partial charge in [0.15, 0.2) is 5.82 Å². The van der Waals surface area contributed by atoms with E-state index in [4.69, 9.17) is 4.74 Å². The lowest BCUT2D eigenvalue weighted by molar-refractivity contribution is -0.138. The standard InChI is InChI=1S/C16H27N5O3/c1-6-7-21(15(23)24-16(3,4)5)12(2)14(22)19-8-9-20-11-17-18-13(20)10-19/h11-12H,6-10H2,1-5H3/t12-/m0/s1. The molecule has 0 spiro atoms. The second-order valence-corrected chi connectivity index (χ2v) is 7.05. The van der Waals surface area contributed by atoms with E-state index in [1.54, 1.807) is 18.2 Å². The van der Waals surface area contributed by atoms with Crippen molar-refractivity contribution in [1.29, 1.82) is 0 Å². The number of carbonyl (C=O) groups excluding carboxylic acids is 2. The third-order valence-electron chi connectivity index (χ3n) is 3.87. The summed E-state index contributed by atoms with van der Waals surface area (Å²) in [5.41, 5.74) is -0.590. The van der Waals surface area contributed by atoms with Crippen molar-refractivity contribution < 1.29 is 14.3 Å². The third-order valence-corrected chi connectivity index (χ3v) is 3.87. The van der Waals surface area contributed by atoms with Gasteiger partial charge in [-0.05, 0) is 34.1 Å². The highest BCUT2D eigenvalue weighted by Crippen LogP contribution is 2.16. The molecule has 0 unspecified atom stereocenters. The van der Waals surface area contributed by atoms with Crippen LogP contribution in [0.2, 0.25) is 0 Å². The predicted molar refractivity (Wildman–Crippen MR) is 88.1 cm³/mol. The molecule has 0 aliphatic carbocycles. The zero-order valence-electron chi connectivity index (χ0n) is 15.2. The van der Waals surface area contributed by atoms with Crippen molar-refractivity contribution in [2.24, 2.45) is 0 Å². The first-order chi connectivity index (χ1) is 11.2. The van der Waals surface area contributed by atoms with Crippen molar-refractivity contribution in [2.75, 3.05) is 13.1 Å². The minimum atomic E-state index is -0.590. The number of rotatable bonds is 4. The van der Waals surface area contributed by atoms with Gasteiger partial charge in [0.05, 0.1) is 6.54 Å². The number of amides is 2. The largest absolute Gasteiger partial charge is 0.444 e. The fourth-order valence-corrected chi connectivity index (χ4v) is 2.66. The Kier molecular flexibility index (Phi) is 5.46. The molecule has 2 amide bonds. The van der Waals surface area contributed by atoms with Gasteiger partial charge in [0.2, 0.25) is 5.91 Å². The van der Waals surface area contributed by atoms with E-state index in [0.717, 1.165) is 12.2 Å². The average Bonchev–Trinajstić information content (AvgIpc) is 2.96. The van der Waals surface area contributed by atoms with Crippen LogP contribution in [0.15, 0.2) is 6.33 Å². The van der Waals surface area contributed by atoms with E-state index in [1.165, 1.54) is 4.90 Å². The van der Waals surface area contributed by atoms with Gasteiger partial charge in [-0.1, -0.05) is 6.92 Å². The van der Waals surface area contributed by atoms with Gasteiger partial charge < -0.3 is 14.2 Å². The Labute approximate surface area is 142 Å². The second-order valence-electron chi connectivity index (χ2n) is 7.05.